The van der Waals surface area contributed by atoms with E-state index < -0.39 is 0 Å². The van der Waals surface area contributed by atoms with Crippen LogP contribution in [0, 0.1) is 6.92 Å². The molecule has 0 saturated carbocycles. The molecule has 28 heavy (non-hydrogen) atoms. The zero-order valence-electron chi connectivity index (χ0n) is 15.3. The molecule has 0 atom stereocenters. The van der Waals surface area contributed by atoms with Crippen LogP contribution in [0.25, 0.3) is 0 Å². The summed E-state index contributed by atoms with van der Waals surface area (Å²) in [5.74, 6) is 0.434. The molecule has 6 heteroatoms. The van der Waals surface area contributed by atoms with Crippen LogP contribution >= 0.6 is 31.9 Å². The van der Waals surface area contributed by atoms with Crippen molar-refractivity contribution in [1.29, 1.82) is 0 Å². The molecule has 0 radical (unpaired) electrons. The second-order valence-electron chi connectivity index (χ2n) is 6.33. The minimum Gasteiger partial charge on any atom is -0.483 e. The predicted octanol–water partition coefficient (Wildman–Crippen LogP) is 6.15. The van der Waals surface area contributed by atoms with Crippen molar-refractivity contribution in [1.82, 2.24) is 0 Å². The van der Waals surface area contributed by atoms with Gasteiger partial charge in [-0.3, -0.25) is 4.79 Å². The summed E-state index contributed by atoms with van der Waals surface area (Å²) in [6.45, 7) is 2.64. The Bertz CT molecular complexity index is 942. The van der Waals surface area contributed by atoms with Crippen LogP contribution in [0.3, 0.4) is 0 Å². The fourth-order valence-corrected chi connectivity index (χ4v) is 3.33. The zero-order chi connectivity index (χ0) is 19.9. The highest BCUT2D eigenvalue weighted by atomic mass is 79.9. The molecule has 3 aromatic rings. The number of carbonyl (C=O) groups excluding carboxylic acids is 1. The fourth-order valence-electron chi connectivity index (χ4n) is 2.52. The van der Waals surface area contributed by atoms with Crippen LogP contribution in [0.2, 0.25) is 0 Å². The van der Waals surface area contributed by atoms with Crippen molar-refractivity contribution < 1.29 is 9.53 Å². The second-order valence-corrected chi connectivity index (χ2v) is 8.10. The van der Waals surface area contributed by atoms with Crippen LogP contribution in [-0.4, -0.2) is 12.5 Å². The molecular formula is C22H20Br2N2O2. The van der Waals surface area contributed by atoms with Gasteiger partial charge in [0.2, 0.25) is 0 Å². The van der Waals surface area contributed by atoms with Crippen molar-refractivity contribution in [3.63, 3.8) is 0 Å². The lowest BCUT2D eigenvalue weighted by Gasteiger charge is -2.11. The van der Waals surface area contributed by atoms with Gasteiger partial charge in [0.15, 0.2) is 6.61 Å². The SMILES string of the molecule is Cc1ccc(NC(=O)COc2ccc(CNc3ccc(Br)cc3)cc2Br)cc1. The van der Waals surface area contributed by atoms with E-state index >= 15 is 0 Å². The average molecular weight is 504 g/mol. The van der Waals surface area contributed by atoms with Crippen LogP contribution in [0.4, 0.5) is 11.4 Å². The number of hydrogen-bond acceptors (Lipinski definition) is 3. The molecule has 3 aromatic carbocycles. The van der Waals surface area contributed by atoms with Gasteiger partial charge in [-0.15, -0.1) is 0 Å². The lowest BCUT2D eigenvalue weighted by atomic mass is 10.2. The summed E-state index contributed by atoms with van der Waals surface area (Å²) in [6.07, 6.45) is 0. The van der Waals surface area contributed by atoms with Gasteiger partial charge in [0.05, 0.1) is 4.47 Å². The van der Waals surface area contributed by atoms with E-state index in [1.165, 1.54) is 0 Å². The summed E-state index contributed by atoms with van der Waals surface area (Å²) in [5, 5.41) is 6.19. The molecule has 0 aliphatic carbocycles. The number of nitrogens with one attached hydrogen (secondary N) is 2. The summed E-state index contributed by atoms with van der Waals surface area (Å²) in [6, 6.07) is 21.5. The van der Waals surface area contributed by atoms with Gasteiger partial charge >= 0.3 is 0 Å². The molecule has 4 nitrogen and oxygen atoms in total. The Balaban J connectivity index is 1.51. The lowest BCUT2D eigenvalue weighted by molar-refractivity contribution is -0.118. The first-order chi connectivity index (χ1) is 13.5. The Kier molecular flexibility index (Phi) is 7.12. The Morgan fingerprint density at radius 3 is 2.29 bits per heavy atom. The zero-order valence-corrected chi connectivity index (χ0v) is 18.5. The van der Waals surface area contributed by atoms with E-state index in [2.05, 4.69) is 42.5 Å². The normalized spacial score (nSPS) is 10.4. The molecule has 0 aliphatic rings. The molecule has 0 fully saturated rings. The first kappa shape index (κ1) is 20.4. The first-order valence-corrected chi connectivity index (χ1v) is 10.4. The van der Waals surface area contributed by atoms with Crippen LogP contribution in [0.15, 0.2) is 75.7 Å². The summed E-state index contributed by atoms with van der Waals surface area (Å²) >= 11 is 6.95. The Hall–Kier alpha value is -2.31. The van der Waals surface area contributed by atoms with E-state index in [9.17, 15) is 4.79 Å². The largest absolute Gasteiger partial charge is 0.483 e. The number of amides is 1. The molecule has 0 aliphatic heterocycles. The van der Waals surface area contributed by atoms with Crippen molar-refractivity contribution in [2.75, 3.05) is 17.2 Å². The summed E-state index contributed by atoms with van der Waals surface area (Å²) in [7, 11) is 0. The van der Waals surface area contributed by atoms with Crippen molar-refractivity contribution >= 4 is 49.1 Å². The third-order valence-electron chi connectivity index (χ3n) is 4.03. The topological polar surface area (TPSA) is 50.4 Å². The third-order valence-corrected chi connectivity index (χ3v) is 5.18. The molecule has 0 spiro atoms. The standard InChI is InChI=1S/C22H20Br2N2O2/c1-15-2-7-19(8-3-15)26-22(27)14-28-21-11-4-16(12-20(21)24)13-25-18-9-5-17(23)6-10-18/h2-12,25H,13-14H2,1H3,(H,26,27). The van der Waals surface area contributed by atoms with Crippen molar-refractivity contribution in [3.05, 3.63) is 86.8 Å². The predicted molar refractivity (Wildman–Crippen MR) is 121 cm³/mol. The molecule has 2 N–H and O–H groups in total. The molecule has 1 amide bonds. The Morgan fingerprint density at radius 1 is 0.929 bits per heavy atom. The van der Waals surface area contributed by atoms with Gasteiger partial charge in [-0.2, -0.15) is 0 Å². The molecule has 0 heterocycles. The number of anilines is 2. The van der Waals surface area contributed by atoms with Gasteiger partial charge in [0, 0.05) is 22.4 Å². The number of halogens is 2. The molecule has 0 aromatic heterocycles. The van der Waals surface area contributed by atoms with E-state index in [1.54, 1.807) is 0 Å². The van der Waals surface area contributed by atoms with Crippen LogP contribution in [0.1, 0.15) is 11.1 Å². The van der Waals surface area contributed by atoms with Crippen molar-refractivity contribution in [2.45, 2.75) is 13.5 Å². The third kappa shape index (κ3) is 6.11. The van der Waals surface area contributed by atoms with E-state index in [-0.39, 0.29) is 12.5 Å². The number of hydrogen-bond donors (Lipinski definition) is 2. The first-order valence-electron chi connectivity index (χ1n) is 8.77. The monoisotopic (exact) mass is 502 g/mol. The van der Waals surface area contributed by atoms with Crippen LogP contribution < -0.4 is 15.4 Å². The Labute approximate surface area is 181 Å². The smallest absolute Gasteiger partial charge is 0.262 e. The molecule has 144 valence electrons. The van der Waals surface area contributed by atoms with E-state index in [0.29, 0.717) is 12.3 Å². The number of carbonyl (C=O) groups is 1. The quantitative estimate of drug-likeness (QED) is 0.406. The summed E-state index contributed by atoms with van der Waals surface area (Å²) in [5.41, 5.74) is 4.05. The van der Waals surface area contributed by atoms with Gasteiger partial charge in [0.1, 0.15) is 5.75 Å². The van der Waals surface area contributed by atoms with Gasteiger partial charge in [-0.05, 0) is 76.9 Å². The van der Waals surface area contributed by atoms with Gasteiger partial charge in [-0.25, -0.2) is 0 Å². The van der Waals surface area contributed by atoms with E-state index in [0.717, 1.165) is 31.4 Å². The minimum absolute atomic E-state index is 0.0526. The van der Waals surface area contributed by atoms with Crippen LogP contribution in [0.5, 0.6) is 5.75 Å². The second kappa shape index (κ2) is 9.75. The average Bonchev–Trinajstić information content (AvgIpc) is 2.68. The Morgan fingerprint density at radius 2 is 1.61 bits per heavy atom. The van der Waals surface area contributed by atoms with Crippen molar-refractivity contribution in [3.8, 4) is 5.75 Å². The number of rotatable bonds is 7. The number of benzene rings is 3. The van der Waals surface area contributed by atoms with Crippen molar-refractivity contribution in [2.24, 2.45) is 0 Å². The molecule has 0 bridgehead atoms. The molecule has 3 rings (SSSR count). The summed E-state index contributed by atoms with van der Waals surface area (Å²) < 4.78 is 7.50. The highest BCUT2D eigenvalue weighted by Crippen LogP contribution is 2.26. The molecule has 0 saturated heterocycles. The van der Waals surface area contributed by atoms with Crippen LogP contribution in [-0.2, 0) is 11.3 Å². The maximum absolute atomic E-state index is 12.1. The van der Waals surface area contributed by atoms with Gasteiger partial charge in [-0.1, -0.05) is 39.7 Å². The van der Waals surface area contributed by atoms with E-state index in [1.807, 2.05) is 73.7 Å². The fraction of sp³-hybridized carbons (Fsp3) is 0.136. The van der Waals surface area contributed by atoms with Gasteiger partial charge in [0.25, 0.3) is 5.91 Å². The molecule has 0 unspecified atom stereocenters. The maximum atomic E-state index is 12.1. The molecular weight excluding hydrogens is 484 g/mol. The van der Waals surface area contributed by atoms with Gasteiger partial charge < -0.3 is 15.4 Å². The lowest BCUT2D eigenvalue weighted by Crippen LogP contribution is -2.20. The highest BCUT2D eigenvalue weighted by Gasteiger charge is 2.07. The van der Waals surface area contributed by atoms with E-state index in [4.69, 9.17) is 4.74 Å². The highest BCUT2D eigenvalue weighted by molar-refractivity contribution is 9.10. The summed E-state index contributed by atoms with van der Waals surface area (Å²) in [4.78, 5) is 12.1. The minimum atomic E-state index is -0.197. The maximum Gasteiger partial charge on any atom is 0.262 e. The number of aryl methyl sites for hydroxylation is 1. The number of ether oxygens (including phenoxy) is 1.